The van der Waals surface area contributed by atoms with Crippen LogP contribution in [0.5, 0.6) is 0 Å². The summed E-state index contributed by atoms with van der Waals surface area (Å²) in [5, 5.41) is 0. The highest BCUT2D eigenvalue weighted by atomic mass is 32.2. The summed E-state index contributed by atoms with van der Waals surface area (Å²) in [7, 11) is -4.51. The van der Waals surface area contributed by atoms with Crippen molar-refractivity contribution < 1.29 is 45.0 Å². The van der Waals surface area contributed by atoms with Crippen molar-refractivity contribution in [3.8, 4) is 0 Å². The number of halogens is 3. The van der Waals surface area contributed by atoms with Crippen LogP contribution in [-0.2, 0) is 24.4 Å². The molecule has 1 aromatic carbocycles. The van der Waals surface area contributed by atoms with E-state index in [0.717, 1.165) is 25.5 Å². The number of benzene rings is 1. The average molecular weight is 461 g/mol. The first kappa shape index (κ1) is 23.3. The molecule has 170 valence electrons. The lowest BCUT2D eigenvalue weighted by atomic mass is 9.73. The highest BCUT2D eigenvalue weighted by Gasteiger charge is 2.56. The zero-order valence-corrected chi connectivity index (χ0v) is 17.7. The summed E-state index contributed by atoms with van der Waals surface area (Å²) >= 11 is 0. The van der Waals surface area contributed by atoms with Gasteiger partial charge < -0.3 is 14.0 Å². The van der Waals surface area contributed by atoms with Gasteiger partial charge in [0.15, 0.2) is 15.9 Å². The molecule has 0 saturated carbocycles. The van der Waals surface area contributed by atoms with E-state index >= 15 is 0 Å². The third-order valence-electron chi connectivity index (χ3n) is 5.70. The number of ether oxygens (including phenoxy) is 2. The minimum Gasteiger partial charge on any atom is -0.741 e. The molecule has 5 rings (SSSR count). The second-order valence-corrected chi connectivity index (χ2v) is 8.87. The fraction of sp³-hybridized carbons (Fsp3) is 0.500. The van der Waals surface area contributed by atoms with Crippen molar-refractivity contribution in [3.63, 3.8) is 0 Å². The van der Waals surface area contributed by atoms with Crippen LogP contribution < -0.4 is 0 Å². The molecule has 0 N–H and O–H groups in total. The van der Waals surface area contributed by atoms with Gasteiger partial charge in [0.05, 0.1) is 19.6 Å². The SMILES string of the molecule is COC1=C[C@@H]2C3=[N+](CCCO3)[C@H](C1=O)[C@H](c1ccccc1)[C@H]2C.O=S(=O)([O-])C(F)(F)F. The number of alkyl halides is 3. The normalized spacial score (nSPS) is 27.9. The number of nitrogens with zero attached hydrogens (tertiary/aromatic N) is 1. The molecule has 1 aliphatic carbocycles. The molecule has 2 bridgehead atoms. The van der Waals surface area contributed by atoms with E-state index in [-0.39, 0.29) is 23.7 Å². The van der Waals surface area contributed by atoms with Crippen LogP contribution in [-0.4, -0.2) is 61.0 Å². The first-order valence-corrected chi connectivity index (χ1v) is 11.0. The van der Waals surface area contributed by atoms with Gasteiger partial charge in [-0.1, -0.05) is 37.3 Å². The number of rotatable bonds is 2. The molecular weight excluding hydrogens is 439 g/mol. The molecule has 0 spiro atoms. The van der Waals surface area contributed by atoms with Crippen LogP contribution >= 0.6 is 0 Å². The lowest BCUT2D eigenvalue weighted by molar-refractivity contribution is -0.579. The molecule has 0 unspecified atom stereocenters. The Hall–Kier alpha value is -2.40. The molecule has 31 heavy (non-hydrogen) atoms. The van der Waals surface area contributed by atoms with Crippen LogP contribution in [0.2, 0.25) is 0 Å². The fourth-order valence-corrected chi connectivity index (χ4v) is 4.35. The first-order valence-electron chi connectivity index (χ1n) is 9.60. The fourth-order valence-electron chi connectivity index (χ4n) is 4.35. The Kier molecular flexibility index (Phi) is 6.47. The van der Waals surface area contributed by atoms with Crippen LogP contribution in [0.1, 0.15) is 24.8 Å². The van der Waals surface area contributed by atoms with Gasteiger partial charge in [0.2, 0.25) is 6.04 Å². The van der Waals surface area contributed by atoms with Crippen LogP contribution in [0.25, 0.3) is 0 Å². The molecule has 7 nitrogen and oxygen atoms in total. The molecule has 0 saturated heterocycles. The summed E-state index contributed by atoms with van der Waals surface area (Å²) < 4.78 is 72.5. The Morgan fingerprint density at radius 1 is 1.23 bits per heavy atom. The Labute approximate surface area is 177 Å². The molecule has 0 fully saturated rings. The Morgan fingerprint density at radius 2 is 1.84 bits per heavy atom. The Bertz CT molecular complexity index is 1000. The molecular formula is C20H22F3NO6S. The van der Waals surface area contributed by atoms with Crippen molar-refractivity contribution in [1.29, 1.82) is 0 Å². The zero-order valence-electron chi connectivity index (χ0n) is 16.8. The molecule has 4 aliphatic rings. The molecule has 11 heteroatoms. The Morgan fingerprint density at radius 3 is 2.39 bits per heavy atom. The second kappa shape index (κ2) is 8.62. The number of hydrogen-bond donors (Lipinski definition) is 0. The lowest BCUT2D eigenvalue weighted by Gasteiger charge is -2.37. The van der Waals surface area contributed by atoms with Gasteiger partial charge in [-0.3, -0.25) is 4.79 Å². The molecule has 4 atom stereocenters. The van der Waals surface area contributed by atoms with E-state index in [9.17, 15) is 18.0 Å². The van der Waals surface area contributed by atoms with E-state index in [1.807, 2.05) is 24.3 Å². The van der Waals surface area contributed by atoms with Gasteiger partial charge in [0.25, 0.3) is 5.78 Å². The van der Waals surface area contributed by atoms with Crippen LogP contribution in [0.4, 0.5) is 13.2 Å². The summed E-state index contributed by atoms with van der Waals surface area (Å²) in [5.74, 6) is 2.07. The molecule has 0 radical (unpaired) electrons. The van der Waals surface area contributed by atoms with Gasteiger partial charge in [-0.25, -0.2) is 8.42 Å². The standard InChI is InChI=1S/C19H22NO3.CHF3O3S/c1-12-14-11-15(22-2)18(21)17(20-9-6-10-23-19(14)20)16(12)13-7-4-3-5-8-13;2-1(3,4)8(5,6)7/h3-5,7-8,11-12,14,16-17H,6,9-10H2,1-2H3;(H,5,6,7)/q+1;/p-1/t12-,14-,16-,17-;/m0./s1. The minimum absolute atomic E-state index is 0.0798. The highest BCUT2D eigenvalue weighted by Crippen LogP contribution is 2.44. The minimum atomic E-state index is -6.09. The summed E-state index contributed by atoms with van der Waals surface area (Å²) in [6.07, 6.45) is 2.93. The van der Waals surface area contributed by atoms with Gasteiger partial charge in [-0.2, -0.15) is 17.7 Å². The van der Waals surface area contributed by atoms with Crippen molar-refractivity contribution in [2.45, 2.75) is 30.8 Å². The van der Waals surface area contributed by atoms with E-state index in [1.54, 1.807) is 7.11 Å². The number of ketones is 1. The van der Waals surface area contributed by atoms with Crippen molar-refractivity contribution in [2.24, 2.45) is 11.8 Å². The quantitative estimate of drug-likeness (QED) is 0.381. The van der Waals surface area contributed by atoms with Gasteiger partial charge in [-0.05, 0) is 17.6 Å². The number of fused-ring (bicyclic) bond motifs is 2. The van der Waals surface area contributed by atoms with Gasteiger partial charge in [0, 0.05) is 6.42 Å². The third kappa shape index (κ3) is 4.47. The van der Waals surface area contributed by atoms with Gasteiger partial charge >= 0.3 is 11.4 Å². The summed E-state index contributed by atoms with van der Waals surface area (Å²) in [5.41, 5.74) is -4.42. The van der Waals surface area contributed by atoms with E-state index < -0.39 is 15.6 Å². The maximum atomic E-state index is 13.1. The number of carbonyl (C=O) groups is 1. The van der Waals surface area contributed by atoms with Crippen LogP contribution in [0.3, 0.4) is 0 Å². The first-order chi connectivity index (χ1) is 14.5. The summed E-state index contributed by atoms with van der Waals surface area (Å²) in [6, 6.07) is 10.1. The number of hydrogen-bond acceptors (Lipinski definition) is 6. The van der Waals surface area contributed by atoms with Crippen LogP contribution in [0, 0.1) is 11.8 Å². The maximum absolute atomic E-state index is 13.1. The lowest BCUT2D eigenvalue weighted by Crippen LogP contribution is -2.53. The zero-order chi connectivity index (χ0) is 23.0. The monoisotopic (exact) mass is 461 g/mol. The van der Waals surface area contributed by atoms with Crippen molar-refractivity contribution >= 4 is 21.8 Å². The van der Waals surface area contributed by atoms with E-state index in [2.05, 4.69) is 23.6 Å². The van der Waals surface area contributed by atoms with Crippen LogP contribution in [0.15, 0.2) is 42.2 Å². The van der Waals surface area contributed by atoms with Crippen molar-refractivity contribution in [3.05, 3.63) is 47.7 Å². The van der Waals surface area contributed by atoms with Crippen molar-refractivity contribution in [2.75, 3.05) is 20.3 Å². The third-order valence-corrected chi connectivity index (χ3v) is 6.27. The van der Waals surface area contributed by atoms with E-state index in [4.69, 9.17) is 22.4 Å². The van der Waals surface area contributed by atoms with E-state index in [1.165, 1.54) is 5.56 Å². The van der Waals surface area contributed by atoms with Crippen molar-refractivity contribution in [1.82, 2.24) is 0 Å². The van der Waals surface area contributed by atoms with Gasteiger partial charge in [0.1, 0.15) is 12.5 Å². The van der Waals surface area contributed by atoms with Gasteiger partial charge in [-0.15, -0.1) is 0 Å². The smallest absolute Gasteiger partial charge is 0.485 e. The summed E-state index contributed by atoms with van der Waals surface area (Å²) in [4.78, 5) is 13.1. The molecule has 0 amide bonds. The maximum Gasteiger partial charge on any atom is 0.485 e. The average Bonchev–Trinajstić information content (AvgIpc) is 2.90. The number of carbonyl (C=O) groups excluding carboxylic acids is 1. The predicted molar refractivity (Wildman–Crippen MR) is 102 cm³/mol. The second-order valence-electron chi connectivity index (χ2n) is 7.50. The highest BCUT2D eigenvalue weighted by molar-refractivity contribution is 7.86. The van der Waals surface area contributed by atoms with E-state index in [0.29, 0.717) is 11.7 Å². The predicted octanol–water partition coefficient (Wildman–Crippen LogP) is 2.40. The topological polar surface area (TPSA) is 95.7 Å². The summed E-state index contributed by atoms with van der Waals surface area (Å²) in [6.45, 7) is 3.84. The largest absolute Gasteiger partial charge is 0.741 e. The number of methoxy groups -OCH3 is 1. The molecule has 3 heterocycles. The molecule has 0 aromatic heterocycles. The molecule has 1 aromatic rings. The molecule has 3 aliphatic heterocycles. The number of Topliss-reactive ketones (excluding diaryl/α,β-unsaturated/α-hetero) is 1. The Balaban J connectivity index is 0.000000293.